The van der Waals surface area contributed by atoms with Crippen molar-refractivity contribution in [2.75, 3.05) is 25.0 Å². The SMILES string of the molecule is CC1=NCCN1CCC(=O)Nc1c(C)cccc1C.O=C(O)c1ccccc1. The third-order valence-corrected chi connectivity index (χ3v) is 4.54. The molecule has 0 saturated heterocycles. The lowest BCUT2D eigenvalue weighted by Crippen LogP contribution is -2.29. The standard InChI is InChI=1S/C15H21N3O.C7H6O2/c1-11-5-4-6-12(2)15(11)17-14(19)7-9-18-10-8-16-13(18)3;8-7(9)6-4-2-1-3-5-6/h4-6H,7-10H2,1-3H3,(H,17,19);1-5H,(H,8,9). The fourth-order valence-corrected chi connectivity index (χ4v) is 2.90. The average Bonchev–Trinajstić information content (AvgIpc) is 3.09. The summed E-state index contributed by atoms with van der Waals surface area (Å²) in [5.74, 6) is 0.229. The number of aromatic carboxylic acids is 1. The first-order valence-corrected chi connectivity index (χ1v) is 9.29. The van der Waals surface area contributed by atoms with Crippen LogP contribution in [-0.4, -0.2) is 47.4 Å². The minimum Gasteiger partial charge on any atom is -0.478 e. The topological polar surface area (TPSA) is 82.0 Å². The molecule has 0 atom stereocenters. The van der Waals surface area contributed by atoms with Gasteiger partial charge in [0.15, 0.2) is 0 Å². The molecular formula is C22H27N3O3. The number of carboxylic acid groups (broad SMARTS) is 1. The Morgan fingerprint density at radius 2 is 1.68 bits per heavy atom. The van der Waals surface area contributed by atoms with Crippen LogP contribution in [0.4, 0.5) is 5.69 Å². The molecule has 1 aliphatic heterocycles. The van der Waals surface area contributed by atoms with Gasteiger partial charge in [0, 0.05) is 25.2 Å². The molecule has 1 aliphatic rings. The first-order chi connectivity index (χ1) is 13.4. The van der Waals surface area contributed by atoms with Gasteiger partial charge in [-0.05, 0) is 44.0 Å². The Labute approximate surface area is 165 Å². The molecule has 0 aromatic heterocycles. The number of para-hydroxylation sites is 1. The summed E-state index contributed by atoms with van der Waals surface area (Å²) in [6, 6.07) is 14.3. The van der Waals surface area contributed by atoms with E-state index in [0.29, 0.717) is 12.0 Å². The van der Waals surface area contributed by atoms with E-state index in [0.717, 1.165) is 42.3 Å². The zero-order chi connectivity index (χ0) is 20.5. The molecule has 3 rings (SSSR count). The molecule has 0 bridgehead atoms. The maximum absolute atomic E-state index is 12.0. The van der Waals surface area contributed by atoms with Crippen molar-refractivity contribution < 1.29 is 14.7 Å². The van der Waals surface area contributed by atoms with Crippen LogP contribution in [0.2, 0.25) is 0 Å². The minimum atomic E-state index is -0.879. The van der Waals surface area contributed by atoms with Crippen molar-refractivity contribution in [3.05, 3.63) is 65.2 Å². The summed E-state index contributed by atoms with van der Waals surface area (Å²) in [4.78, 5) is 28.7. The van der Waals surface area contributed by atoms with E-state index in [1.54, 1.807) is 30.3 Å². The molecule has 0 spiro atoms. The van der Waals surface area contributed by atoms with Gasteiger partial charge in [0.1, 0.15) is 0 Å². The summed E-state index contributed by atoms with van der Waals surface area (Å²) in [7, 11) is 0. The second kappa shape index (κ2) is 10.3. The number of rotatable bonds is 5. The normalized spacial score (nSPS) is 12.7. The molecule has 0 aliphatic carbocycles. The second-order valence-corrected chi connectivity index (χ2v) is 6.65. The number of aryl methyl sites for hydroxylation is 2. The van der Waals surface area contributed by atoms with Gasteiger partial charge in [-0.2, -0.15) is 0 Å². The summed E-state index contributed by atoms with van der Waals surface area (Å²) >= 11 is 0. The van der Waals surface area contributed by atoms with Crippen LogP contribution in [0.5, 0.6) is 0 Å². The highest BCUT2D eigenvalue weighted by molar-refractivity contribution is 5.93. The molecule has 2 aromatic rings. The number of hydrogen-bond acceptors (Lipinski definition) is 4. The zero-order valence-corrected chi connectivity index (χ0v) is 16.6. The van der Waals surface area contributed by atoms with Gasteiger partial charge in [0.2, 0.25) is 5.91 Å². The number of carbonyl (C=O) groups is 2. The Morgan fingerprint density at radius 1 is 1.04 bits per heavy atom. The highest BCUT2D eigenvalue weighted by atomic mass is 16.4. The first kappa shape index (κ1) is 21.2. The molecule has 0 unspecified atom stereocenters. The summed E-state index contributed by atoms with van der Waals surface area (Å²) in [5, 5.41) is 11.4. The van der Waals surface area contributed by atoms with E-state index in [9.17, 15) is 9.59 Å². The summed E-state index contributed by atoms with van der Waals surface area (Å²) in [5.41, 5.74) is 3.48. The predicted octanol–water partition coefficient (Wildman–Crippen LogP) is 3.75. The quantitative estimate of drug-likeness (QED) is 0.826. The molecule has 0 radical (unpaired) electrons. The summed E-state index contributed by atoms with van der Waals surface area (Å²) in [6.07, 6.45) is 0.501. The molecule has 0 saturated carbocycles. The Kier molecular flexibility index (Phi) is 7.75. The fraction of sp³-hybridized carbons (Fsp3) is 0.318. The molecule has 2 N–H and O–H groups in total. The van der Waals surface area contributed by atoms with Gasteiger partial charge < -0.3 is 15.3 Å². The maximum Gasteiger partial charge on any atom is 0.335 e. The third kappa shape index (κ3) is 6.23. The highest BCUT2D eigenvalue weighted by Crippen LogP contribution is 2.19. The van der Waals surface area contributed by atoms with Crippen molar-refractivity contribution in [1.29, 1.82) is 0 Å². The van der Waals surface area contributed by atoms with Crippen molar-refractivity contribution in [3.63, 3.8) is 0 Å². The Hall–Kier alpha value is -3.15. The fourth-order valence-electron chi connectivity index (χ4n) is 2.90. The number of anilines is 1. The van der Waals surface area contributed by atoms with E-state index in [1.165, 1.54) is 0 Å². The van der Waals surface area contributed by atoms with Gasteiger partial charge in [-0.1, -0.05) is 36.4 Å². The van der Waals surface area contributed by atoms with Crippen molar-refractivity contribution in [3.8, 4) is 0 Å². The third-order valence-electron chi connectivity index (χ3n) is 4.54. The number of amidine groups is 1. The van der Waals surface area contributed by atoms with Crippen LogP contribution in [0.25, 0.3) is 0 Å². The number of nitrogens with one attached hydrogen (secondary N) is 1. The van der Waals surface area contributed by atoms with Gasteiger partial charge in [-0.25, -0.2) is 4.79 Å². The van der Waals surface area contributed by atoms with E-state index in [2.05, 4.69) is 15.2 Å². The molecule has 0 fully saturated rings. The minimum absolute atomic E-state index is 0.0668. The smallest absolute Gasteiger partial charge is 0.335 e. The van der Waals surface area contributed by atoms with Gasteiger partial charge in [0.05, 0.1) is 17.9 Å². The van der Waals surface area contributed by atoms with Crippen LogP contribution >= 0.6 is 0 Å². The molecule has 2 aromatic carbocycles. The number of benzene rings is 2. The van der Waals surface area contributed by atoms with Crippen molar-refractivity contribution in [1.82, 2.24) is 4.90 Å². The molecule has 6 nitrogen and oxygen atoms in total. The molecule has 1 amide bonds. The van der Waals surface area contributed by atoms with E-state index in [-0.39, 0.29) is 5.91 Å². The maximum atomic E-state index is 12.0. The van der Waals surface area contributed by atoms with Crippen molar-refractivity contribution in [2.45, 2.75) is 27.2 Å². The summed E-state index contributed by atoms with van der Waals surface area (Å²) in [6.45, 7) is 8.55. The molecular weight excluding hydrogens is 354 g/mol. The number of carbonyl (C=O) groups excluding carboxylic acids is 1. The molecule has 28 heavy (non-hydrogen) atoms. The zero-order valence-electron chi connectivity index (χ0n) is 16.6. The Bertz CT molecular complexity index is 827. The van der Waals surface area contributed by atoms with Crippen LogP contribution in [0.1, 0.15) is 34.8 Å². The number of amides is 1. The largest absolute Gasteiger partial charge is 0.478 e. The lowest BCUT2D eigenvalue weighted by atomic mass is 10.1. The lowest BCUT2D eigenvalue weighted by molar-refractivity contribution is -0.116. The van der Waals surface area contributed by atoms with Gasteiger partial charge >= 0.3 is 5.97 Å². The van der Waals surface area contributed by atoms with Gasteiger partial charge in [-0.15, -0.1) is 0 Å². The van der Waals surface area contributed by atoms with Gasteiger partial charge in [0.25, 0.3) is 0 Å². The van der Waals surface area contributed by atoms with Crippen LogP contribution in [-0.2, 0) is 4.79 Å². The number of nitrogens with zero attached hydrogens (tertiary/aromatic N) is 2. The molecule has 6 heteroatoms. The average molecular weight is 381 g/mol. The lowest BCUT2D eigenvalue weighted by Gasteiger charge is -2.18. The van der Waals surface area contributed by atoms with E-state index < -0.39 is 5.97 Å². The Balaban J connectivity index is 0.000000261. The second-order valence-electron chi connectivity index (χ2n) is 6.65. The monoisotopic (exact) mass is 381 g/mol. The van der Waals surface area contributed by atoms with E-state index in [1.807, 2.05) is 39.0 Å². The first-order valence-electron chi connectivity index (χ1n) is 9.29. The Morgan fingerprint density at radius 3 is 2.18 bits per heavy atom. The van der Waals surface area contributed by atoms with Crippen molar-refractivity contribution >= 4 is 23.4 Å². The number of aliphatic imine (C=N–C) groups is 1. The highest BCUT2D eigenvalue weighted by Gasteiger charge is 2.14. The number of carboxylic acids is 1. The molecule has 148 valence electrons. The number of hydrogen-bond donors (Lipinski definition) is 2. The van der Waals surface area contributed by atoms with E-state index >= 15 is 0 Å². The van der Waals surface area contributed by atoms with Gasteiger partial charge in [-0.3, -0.25) is 9.79 Å². The summed E-state index contributed by atoms with van der Waals surface area (Å²) < 4.78 is 0. The van der Waals surface area contributed by atoms with Crippen LogP contribution < -0.4 is 5.32 Å². The van der Waals surface area contributed by atoms with E-state index in [4.69, 9.17) is 5.11 Å². The predicted molar refractivity (Wildman–Crippen MR) is 112 cm³/mol. The van der Waals surface area contributed by atoms with Crippen LogP contribution in [0.3, 0.4) is 0 Å². The molecule has 1 heterocycles. The van der Waals surface area contributed by atoms with Crippen LogP contribution in [0.15, 0.2) is 53.5 Å². The van der Waals surface area contributed by atoms with Crippen molar-refractivity contribution in [2.24, 2.45) is 4.99 Å². The van der Waals surface area contributed by atoms with Crippen LogP contribution in [0, 0.1) is 13.8 Å².